The first-order chi connectivity index (χ1) is 24.7. The number of anilines is 1. The van der Waals surface area contributed by atoms with E-state index in [0.29, 0.717) is 53.7 Å². The molecule has 2 aromatic carbocycles. The smallest absolute Gasteiger partial charge is 0.288 e. The van der Waals surface area contributed by atoms with Crippen LogP contribution in [0.3, 0.4) is 0 Å². The fourth-order valence-corrected chi connectivity index (χ4v) is 10.7. The van der Waals surface area contributed by atoms with Crippen molar-refractivity contribution < 1.29 is 50.9 Å². The van der Waals surface area contributed by atoms with E-state index in [1.165, 1.54) is 31.3 Å². The van der Waals surface area contributed by atoms with Crippen molar-refractivity contribution in [3.8, 4) is 23.0 Å². The molecule has 0 saturated carbocycles. The zero-order valence-electron chi connectivity index (χ0n) is 29.5. The first kappa shape index (κ1) is 37.4. The number of rotatable bonds is 13. The third-order valence-corrected chi connectivity index (χ3v) is 14.4. The van der Waals surface area contributed by atoms with Gasteiger partial charge in [0.1, 0.15) is 0 Å². The Kier molecular flexibility index (Phi) is 10.5. The first-order valence-corrected chi connectivity index (χ1v) is 20.9. The Bertz CT molecular complexity index is 2000. The van der Waals surface area contributed by atoms with Crippen LogP contribution in [0.1, 0.15) is 52.5 Å². The minimum Gasteiger partial charge on any atom is -0.493 e. The van der Waals surface area contributed by atoms with E-state index in [9.17, 15) is 31.9 Å². The molecule has 2 aromatic rings. The fraction of sp³-hybridized carbons (Fsp3) is 0.472. The highest BCUT2D eigenvalue weighted by Gasteiger charge is 2.46. The van der Waals surface area contributed by atoms with Gasteiger partial charge in [0.05, 0.1) is 57.9 Å². The van der Waals surface area contributed by atoms with Crippen LogP contribution in [0.15, 0.2) is 48.6 Å². The van der Waals surface area contributed by atoms with Crippen LogP contribution in [0, 0.1) is 0 Å². The number of fused-ring (bicyclic) bond motifs is 4. The number of ketones is 1. The van der Waals surface area contributed by atoms with Crippen LogP contribution in [0.25, 0.3) is 0 Å². The summed E-state index contributed by atoms with van der Waals surface area (Å²) in [5.74, 6) is 0.342. The van der Waals surface area contributed by atoms with E-state index in [4.69, 9.17) is 18.9 Å². The molecular weight excluding hydrogens is 713 g/mol. The number of amides is 2. The molecule has 2 fully saturated rings. The maximum absolute atomic E-state index is 14.1. The minimum atomic E-state index is -4.62. The number of hydrogen-bond acceptors (Lipinski definition) is 11. The minimum absolute atomic E-state index is 0.0210. The molecule has 2 unspecified atom stereocenters. The van der Waals surface area contributed by atoms with Gasteiger partial charge in [-0.2, -0.15) is 8.42 Å². The first-order valence-electron chi connectivity index (χ1n) is 17.1. The summed E-state index contributed by atoms with van der Waals surface area (Å²) in [5.41, 5.74) is 2.75. The van der Waals surface area contributed by atoms with Crippen LogP contribution < -0.4 is 24.3 Å². The molecule has 0 aromatic heterocycles. The van der Waals surface area contributed by atoms with E-state index in [1.807, 2.05) is 6.92 Å². The maximum Gasteiger partial charge on any atom is 0.288 e. The molecule has 4 atom stereocenters. The van der Waals surface area contributed by atoms with Crippen LogP contribution in [0.5, 0.6) is 23.0 Å². The van der Waals surface area contributed by atoms with Crippen molar-refractivity contribution in [1.82, 2.24) is 9.80 Å². The summed E-state index contributed by atoms with van der Waals surface area (Å²) >= 11 is 0. The fourth-order valence-electron chi connectivity index (χ4n) is 7.49. The number of nitrogens with zero attached hydrogens (tertiary/aromatic N) is 2. The molecule has 2 amide bonds. The van der Waals surface area contributed by atoms with Gasteiger partial charge in [-0.3, -0.25) is 18.9 Å². The summed E-state index contributed by atoms with van der Waals surface area (Å²) in [5, 5.41) is 1.34. The van der Waals surface area contributed by atoms with Gasteiger partial charge in [0.2, 0.25) is 0 Å². The van der Waals surface area contributed by atoms with E-state index in [0.717, 1.165) is 5.57 Å². The zero-order valence-corrected chi connectivity index (χ0v) is 31.2. The number of nitrogens with one attached hydrogen (secondary N) is 1. The highest BCUT2D eigenvalue weighted by Crippen LogP contribution is 2.47. The molecule has 0 aliphatic carbocycles. The van der Waals surface area contributed by atoms with Gasteiger partial charge >= 0.3 is 0 Å². The van der Waals surface area contributed by atoms with Crippen LogP contribution in [0.4, 0.5) is 5.69 Å². The molecule has 280 valence electrons. The second-order valence-corrected chi connectivity index (χ2v) is 18.7. The number of ether oxygens (including phenoxy) is 4. The Morgan fingerprint density at radius 2 is 1.42 bits per heavy atom. The van der Waals surface area contributed by atoms with Crippen molar-refractivity contribution in [3.63, 3.8) is 0 Å². The van der Waals surface area contributed by atoms with Crippen molar-refractivity contribution in [1.29, 1.82) is 0 Å². The van der Waals surface area contributed by atoms with Crippen LogP contribution >= 0.6 is 7.14 Å². The molecule has 4 aliphatic heterocycles. The highest BCUT2D eigenvalue weighted by atomic mass is 32.2. The molecule has 0 spiro atoms. The Morgan fingerprint density at radius 1 is 0.846 bits per heavy atom. The predicted octanol–water partition coefficient (Wildman–Crippen LogP) is 4.24. The van der Waals surface area contributed by atoms with Crippen molar-refractivity contribution >= 4 is 40.5 Å². The average molecular weight is 758 g/mol. The summed E-state index contributed by atoms with van der Waals surface area (Å²) < 4.78 is 72.2. The van der Waals surface area contributed by atoms with Crippen LogP contribution in [-0.4, -0.2) is 117 Å². The van der Waals surface area contributed by atoms with Gasteiger partial charge < -0.3 is 38.6 Å². The van der Waals surface area contributed by atoms with Gasteiger partial charge in [-0.25, -0.2) is 0 Å². The number of carbonyl (C=O) groups excluding carboxylic acids is 3. The summed E-state index contributed by atoms with van der Waals surface area (Å²) in [4.78, 5) is 42.9. The quantitative estimate of drug-likeness (QED) is 0.169. The normalized spacial score (nSPS) is 22.4. The van der Waals surface area contributed by atoms with Crippen molar-refractivity contribution in [2.24, 2.45) is 0 Å². The summed E-state index contributed by atoms with van der Waals surface area (Å²) in [6.07, 6.45) is 2.23. The Hall–Kier alpha value is -4.33. The molecule has 0 radical (unpaired) electrons. The summed E-state index contributed by atoms with van der Waals surface area (Å²) in [6, 6.07) is 4.79. The Morgan fingerprint density at radius 3 is 2.04 bits per heavy atom. The molecule has 2 saturated heterocycles. The number of Topliss-reactive ketones (excluding diaryl/α,β-unsaturated/α-hetero) is 1. The molecule has 14 nitrogen and oxygen atoms in total. The lowest BCUT2D eigenvalue weighted by molar-refractivity contribution is -0.121. The number of benzene rings is 2. The number of hydrogen-bond donors (Lipinski definition) is 2. The van der Waals surface area contributed by atoms with Crippen molar-refractivity contribution in [2.75, 3.05) is 64.3 Å². The Balaban J connectivity index is 1.15. The molecule has 16 heteroatoms. The second-order valence-electron chi connectivity index (χ2n) is 13.7. The Labute approximate surface area is 303 Å². The molecule has 4 heterocycles. The SMILES string of the molecule is C=C1C[C@H]2C(=O)Cc3cc(OCCP(=O)(CCC)CCOc4cc5c(cc4OC)C(=O)N4CC(=C)C[C@H]4C(S(=O)(=O)O)N5)c(OC)cc3C(=O)N2C1. The third-order valence-electron chi connectivity index (χ3n) is 10.1. The van der Waals surface area contributed by atoms with E-state index < -0.39 is 40.6 Å². The van der Waals surface area contributed by atoms with Crippen LogP contribution in [-0.2, 0) is 25.9 Å². The monoisotopic (exact) mass is 757 g/mol. The van der Waals surface area contributed by atoms with E-state index >= 15 is 0 Å². The van der Waals surface area contributed by atoms with Gasteiger partial charge in [0.15, 0.2) is 34.2 Å². The van der Waals surface area contributed by atoms with E-state index in [1.54, 1.807) is 17.0 Å². The predicted molar refractivity (Wildman–Crippen MR) is 194 cm³/mol. The van der Waals surface area contributed by atoms with E-state index in [-0.39, 0.29) is 79.4 Å². The van der Waals surface area contributed by atoms with E-state index in [2.05, 4.69) is 18.5 Å². The molecule has 2 N–H and O–H groups in total. The van der Waals surface area contributed by atoms with Gasteiger partial charge in [0.25, 0.3) is 21.9 Å². The largest absolute Gasteiger partial charge is 0.493 e. The highest BCUT2D eigenvalue weighted by molar-refractivity contribution is 7.86. The maximum atomic E-state index is 14.1. The lowest BCUT2D eigenvalue weighted by Crippen LogP contribution is -2.47. The molecule has 6 rings (SSSR count). The third kappa shape index (κ3) is 7.31. The molecule has 52 heavy (non-hydrogen) atoms. The lowest BCUT2D eigenvalue weighted by Gasteiger charge is -2.26. The molecular formula is C36H44N3O11PS. The topological polar surface area (TPSA) is 178 Å². The van der Waals surface area contributed by atoms with Crippen molar-refractivity contribution in [2.45, 2.75) is 50.1 Å². The lowest BCUT2D eigenvalue weighted by atomic mass is 9.99. The summed E-state index contributed by atoms with van der Waals surface area (Å²) in [6.45, 7) is 10.4. The van der Waals surface area contributed by atoms with Gasteiger partial charge in [0, 0.05) is 49.6 Å². The molecule has 0 bridgehead atoms. The van der Waals surface area contributed by atoms with Crippen LogP contribution in [0.2, 0.25) is 0 Å². The summed E-state index contributed by atoms with van der Waals surface area (Å²) in [7, 11) is -4.60. The number of carbonyl (C=O) groups is 3. The number of methoxy groups -OCH3 is 2. The van der Waals surface area contributed by atoms with Gasteiger partial charge in [-0.15, -0.1) is 0 Å². The van der Waals surface area contributed by atoms with Crippen molar-refractivity contribution in [3.05, 3.63) is 65.3 Å². The standard InChI is InChI=1S/C36H44N3O11PS/c1-6-9-51(43,10-7-49-32-15-23-14-29(40)27-12-21(2)19-38(27)35(41)24(23)16-30(32)47-4)11-8-50-33-18-26-25(17-31(33)48-5)36(42)39-20-22(3)13-28(39)34(37-26)52(44,45)46/h15-18,27-28,34,37H,2-3,6-14,19-20H2,1,4-5H3,(H,44,45,46)/t27-,28-,34?,51?/m0/s1. The average Bonchev–Trinajstić information content (AvgIpc) is 3.63. The molecule has 4 aliphatic rings. The van der Waals surface area contributed by atoms with Gasteiger partial charge in [-0.1, -0.05) is 31.2 Å². The zero-order chi connectivity index (χ0) is 37.5. The van der Waals surface area contributed by atoms with Gasteiger partial charge in [-0.05, 0) is 43.0 Å². The second kappa shape index (κ2) is 14.6.